The first-order valence-corrected chi connectivity index (χ1v) is 7.89. The molecule has 0 aromatic heterocycles. The Morgan fingerprint density at radius 1 is 1.17 bits per heavy atom. The summed E-state index contributed by atoms with van der Waals surface area (Å²) in [6.07, 6.45) is 0.989. The first-order valence-electron chi connectivity index (χ1n) is 7.51. The van der Waals surface area contributed by atoms with Crippen molar-refractivity contribution in [2.75, 3.05) is 5.32 Å². The number of hydrogen-bond acceptors (Lipinski definition) is 3. The second-order valence-electron chi connectivity index (χ2n) is 5.31. The zero-order valence-corrected chi connectivity index (χ0v) is 14.1. The zero-order valence-electron chi connectivity index (χ0n) is 13.4. The molecule has 0 spiro atoms. The number of nitrogens with one attached hydrogen (secondary N) is 1. The Morgan fingerprint density at radius 3 is 2.38 bits per heavy atom. The summed E-state index contributed by atoms with van der Waals surface area (Å²) >= 11 is 6.00. The van der Waals surface area contributed by atoms with E-state index in [1.54, 1.807) is 24.3 Å². The van der Waals surface area contributed by atoms with Crippen LogP contribution < -0.4 is 10.1 Å². The molecule has 0 saturated carbocycles. The Hall–Kier alpha value is -2.53. The summed E-state index contributed by atoms with van der Waals surface area (Å²) < 4.78 is 5.66. The van der Waals surface area contributed by atoms with Crippen molar-refractivity contribution in [1.29, 1.82) is 0 Å². The third-order valence-electron chi connectivity index (χ3n) is 3.49. The molecule has 6 heteroatoms. The Balaban J connectivity index is 2.12. The molecule has 0 fully saturated rings. The maximum Gasteiger partial charge on any atom is 0.335 e. The molecule has 0 aliphatic carbocycles. The van der Waals surface area contributed by atoms with E-state index in [1.165, 1.54) is 18.2 Å². The van der Waals surface area contributed by atoms with Gasteiger partial charge in [0, 0.05) is 5.56 Å². The molecule has 24 heavy (non-hydrogen) atoms. The number of carboxylic acids is 1. The Labute approximate surface area is 145 Å². The fourth-order valence-corrected chi connectivity index (χ4v) is 2.11. The first-order chi connectivity index (χ1) is 11.4. The van der Waals surface area contributed by atoms with Crippen LogP contribution in [0.4, 0.5) is 5.69 Å². The van der Waals surface area contributed by atoms with Crippen LogP contribution in [-0.2, 0) is 0 Å². The zero-order chi connectivity index (χ0) is 17.7. The van der Waals surface area contributed by atoms with Crippen LogP contribution in [0.1, 0.15) is 41.0 Å². The summed E-state index contributed by atoms with van der Waals surface area (Å²) in [5, 5.41) is 11.9. The highest BCUT2D eigenvalue weighted by Gasteiger charge is 2.12. The van der Waals surface area contributed by atoms with Gasteiger partial charge in [0.25, 0.3) is 5.91 Å². The van der Waals surface area contributed by atoms with E-state index in [9.17, 15) is 9.59 Å². The van der Waals surface area contributed by atoms with Crippen LogP contribution >= 0.6 is 11.6 Å². The average Bonchev–Trinajstić information content (AvgIpc) is 2.57. The number of amides is 1. The van der Waals surface area contributed by atoms with E-state index >= 15 is 0 Å². The lowest BCUT2D eigenvalue weighted by atomic mass is 10.1. The molecule has 0 unspecified atom stereocenters. The molecule has 0 bridgehead atoms. The molecule has 1 amide bonds. The van der Waals surface area contributed by atoms with Gasteiger partial charge in [-0.15, -0.1) is 0 Å². The smallest absolute Gasteiger partial charge is 0.335 e. The standard InChI is InChI=1S/C18H18ClNO4/c1-3-11(2)24-14-7-4-12(5-8-14)17(21)20-16-10-13(18(22)23)6-9-15(16)19/h4-11H,3H2,1-2H3,(H,20,21)(H,22,23)/t11-/m1/s1. The topological polar surface area (TPSA) is 75.6 Å². The van der Waals surface area contributed by atoms with Gasteiger partial charge in [0.05, 0.1) is 22.4 Å². The Bertz CT molecular complexity index is 743. The van der Waals surface area contributed by atoms with Crippen LogP contribution in [0.3, 0.4) is 0 Å². The number of benzene rings is 2. The summed E-state index contributed by atoms with van der Waals surface area (Å²) in [5.41, 5.74) is 0.719. The van der Waals surface area contributed by atoms with Crippen molar-refractivity contribution in [2.45, 2.75) is 26.4 Å². The van der Waals surface area contributed by atoms with Crippen LogP contribution in [0.5, 0.6) is 5.75 Å². The molecular weight excluding hydrogens is 330 g/mol. The minimum absolute atomic E-state index is 0.0481. The number of rotatable bonds is 6. The van der Waals surface area contributed by atoms with Crippen molar-refractivity contribution in [1.82, 2.24) is 0 Å². The molecular formula is C18H18ClNO4. The van der Waals surface area contributed by atoms with Gasteiger partial charge in [0.15, 0.2) is 0 Å². The largest absolute Gasteiger partial charge is 0.491 e. The molecule has 2 N–H and O–H groups in total. The van der Waals surface area contributed by atoms with Crippen molar-refractivity contribution in [3.63, 3.8) is 0 Å². The van der Waals surface area contributed by atoms with Gasteiger partial charge in [0.2, 0.25) is 0 Å². The van der Waals surface area contributed by atoms with Gasteiger partial charge < -0.3 is 15.2 Å². The van der Waals surface area contributed by atoms with Gasteiger partial charge >= 0.3 is 5.97 Å². The van der Waals surface area contributed by atoms with Crippen LogP contribution in [0.25, 0.3) is 0 Å². The SMILES string of the molecule is CC[C@@H](C)Oc1ccc(C(=O)Nc2cc(C(=O)O)ccc2Cl)cc1. The minimum atomic E-state index is -1.09. The van der Waals surface area contributed by atoms with Gasteiger partial charge in [-0.05, 0) is 55.8 Å². The third-order valence-corrected chi connectivity index (χ3v) is 3.82. The minimum Gasteiger partial charge on any atom is -0.491 e. The molecule has 5 nitrogen and oxygen atoms in total. The lowest BCUT2D eigenvalue weighted by Crippen LogP contribution is -2.13. The second kappa shape index (κ2) is 7.84. The molecule has 0 radical (unpaired) electrons. The quantitative estimate of drug-likeness (QED) is 0.808. The molecule has 126 valence electrons. The van der Waals surface area contributed by atoms with Crippen molar-refractivity contribution in [3.05, 3.63) is 58.6 Å². The molecule has 0 saturated heterocycles. The van der Waals surface area contributed by atoms with Crippen molar-refractivity contribution in [2.24, 2.45) is 0 Å². The number of anilines is 1. The predicted molar refractivity (Wildman–Crippen MR) is 93.2 cm³/mol. The molecule has 0 aliphatic heterocycles. The van der Waals surface area contributed by atoms with Gasteiger partial charge in [-0.3, -0.25) is 4.79 Å². The number of carbonyl (C=O) groups is 2. The molecule has 0 heterocycles. The first kappa shape index (κ1) is 17.8. The number of ether oxygens (including phenoxy) is 1. The fraction of sp³-hybridized carbons (Fsp3) is 0.222. The van der Waals surface area contributed by atoms with Crippen LogP contribution in [0.15, 0.2) is 42.5 Å². The number of halogens is 1. The van der Waals surface area contributed by atoms with E-state index < -0.39 is 5.97 Å². The van der Waals surface area contributed by atoms with Crippen LogP contribution in [0.2, 0.25) is 5.02 Å². The van der Waals surface area contributed by atoms with Gasteiger partial charge in [-0.1, -0.05) is 18.5 Å². The van der Waals surface area contributed by atoms with Crippen LogP contribution in [0, 0.1) is 0 Å². The normalized spacial score (nSPS) is 11.6. The van der Waals surface area contributed by atoms with E-state index in [0.29, 0.717) is 11.3 Å². The Morgan fingerprint density at radius 2 is 1.79 bits per heavy atom. The van der Waals surface area contributed by atoms with E-state index in [1.807, 2.05) is 13.8 Å². The number of aromatic carboxylic acids is 1. The number of carbonyl (C=O) groups excluding carboxylic acids is 1. The highest BCUT2D eigenvalue weighted by atomic mass is 35.5. The second-order valence-corrected chi connectivity index (χ2v) is 5.72. The fourth-order valence-electron chi connectivity index (χ4n) is 1.95. The van der Waals surface area contributed by atoms with Gasteiger partial charge in [-0.25, -0.2) is 4.79 Å². The highest BCUT2D eigenvalue weighted by molar-refractivity contribution is 6.34. The van der Waals surface area contributed by atoms with Crippen molar-refractivity contribution >= 4 is 29.2 Å². The monoisotopic (exact) mass is 347 g/mol. The summed E-state index contributed by atoms with van der Waals surface area (Å²) in [7, 11) is 0. The average molecular weight is 348 g/mol. The lowest BCUT2D eigenvalue weighted by Gasteiger charge is -2.13. The van der Waals surface area contributed by atoms with E-state index in [-0.39, 0.29) is 28.3 Å². The maximum atomic E-state index is 12.3. The molecule has 1 atom stereocenters. The van der Waals surface area contributed by atoms with Crippen LogP contribution in [-0.4, -0.2) is 23.1 Å². The van der Waals surface area contributed by atoms with E-state index in [0.717, 1.165) is 6.42 Å². The predicted octanol–water partition coefficient (Wildman–Crippen LogP) is 4.47. The Kier molecular flexibility index (Phi) is 5.82. The summed E-state index contributed by atoms with van der Waals surface area (Å²) in [4.78, 5) is 23.3. The molecule has 2 aromatic rings. The van der Waals surface area contributed by atoms with Gasteiger partial charge in [0.1, 0.15) is 5.75 Å². The van der Waals surface area contributed by atoms with E-state index in [4.69, 9.17) is 21.4 Å². The summed E-state index contributed by atoms with van der Waals surface area (Å²) in [6, 6.07) is 10.9. The van der Waals surface area contributed by atoms with E-state index in [2.05, 4.69) is 5.32 Å². The summed E-state index contributed by atoms with van der Waals surface area (Å²) in [6.45, 7) is 4.00. The summed E-state index contributed by atoms with van der Waals surface area (Å²) in [5.74, 6) is -0.782. The number of hydrogen-bond donors (Lipinski definition) is 2. The highest BCUT2D eigenvalue weighted by Crippen LogP contribution is 2.24. The van der Waals surface area contributed by atoms with Crippen molar-refractivity contribution < 1.29 is 19.4 Å². The third kappa shape index (κ3) is 4.49. The molecule has 2 aromatic carbocycles. The lowest BCUT2D eigenvalue weighted by molar-refractivity contribution is 0.0696. The van der Waals surface area contributed by atoms with Crippen molar-refractivity contribution in [3.8, 4) is 5.75 Å². The number of carboxylic acid groups (broad SMARTS) is 1. The van der Waals surface area contributed by atoms with Gasteiger partial charge in [-0.2, -0.15) is 0 Å². The molecule has 0 aliphatic rings. The maximum absolute atomic E-state index is 12.3. The molecule has 2 rings (SSSR count).